The Hall–Kier alpha value is -5.55. The standard InChI is InChI=1S/C53H59ClF3N6O10PS3/c1-3-63-36(2)49(52(65)73-35-74(66,67)68)50(51(63)37-12-14-39(54)15-13-37)38-8-7-9-43(32-38)62-30-28-61(29-31-62)42-18-16-40(17-19-42)59-77(71,72)46-20-21-47(48(33-46)76(69,70)53(55,56)57)58-41(34-75-45-10-5-4-6-11-45)22-25-60-26-23-44(64)24-27-60/h4-21,32-33,41,44,58-59,64H,3,22-31,34-35H2,1-2H3,(H2,66,67,68). The molecule has 2 fully saturated rings. The van der Waals surface area contributed by atoms with Gasteiger partial charge in [-0.15, -0.1) is 11.8 Å². The number of nitrogens with one attached hydrogen (secondary N) is 2. The minimum atomic E-state index is -6.05. The van der Waals surface area contributed by atoms with E-state index in [1.54, 1.807) is 31.2 Å². The Kier molecular flexibility index (Phi) is 18.1. The number of esters is 1. The number of rotatable bonds is 20. The molecule has 0 spiro atoms. The number of sulfonamides is 1. The Bertz CT molecular complexity index is 3320. The van der Waals surface area contributed by atoms with Gasteiger partial charge in [0.1, 0.15) is 4.90 Å². The molecule has 8 rings (SSSR count). The fraction of sp³-hybridized carbons (Fsp3) is 0.340. The molecule has 1 aromatic heterocycles. The van der Waals surface area contributed by atoms with E-state index in [1.165, 1.54) is 23.9 Å². The molecule has 1 unspecified atom stereocenters. The van der Waals surface area contributed by atoms with Crippen molar-refractivity contribution < 1.29 is 59.0 Å². The summed E-state index contributed by atoms with van der Waals surface area (Å²) >= 11 is 7.69. The minimum Gasteiger partial charge on any atom is -0.449 e. The van der Waals surface area contributed by atoms with Crippen LogP contribution in [0.5, 0.6) is 0 Å². The summed E-state index contributed by atoms with van der Waals surface area (Å²) in [7, 11) is -15.4. The number of halogens is 4. The summed E-state index contributed by atoms with van der Waals surface area (Å²) in [6.07, 6.45) is 0.104. The van der Waals surface area contributed by atoms with Gasteiger partial charge in [0.15, 0.2) is 6.35 Å². The number of benzene rings is 5. The Labute approximate surface area is 455 Å². The van der Waals surface area contributed by atoms with E-state index in [-0.39, 0.29) is 16.9 Å². The van der Waals surface area contributed by atoms with Crippen molar-refractivity contribution in [2.24, 2.45) is 0 Å². The number of aliphatic hydroxyl groups excluding tert-OH is 1. The van der Waals surface area contributed by atoms with Crippen molar-refractivity contribution in [3.63, 3.8) is 0 Å². The molecule has 6 aromatic rings. The van der Waals surface area contributed by atoms with Gasteiger partial charge in [0.25, 0.3) is 19.9 Å². The van der Waals surface area contributed by atoms with Crippen molar-refractivity contribution in [2.75, 3.05) is 77.8 Å². The van der Waals surface area contributed by atoms with Crippen molar-refractivity contribution in [3.05, 3.63) is 138 Å². The molecule has 0 amide bonds. The fourth-order valence-electron chi connectivity index (χ4n) is 9.57. The lowest BCUT2D eigenvalue weighted by Gasteiger charge is -2.37. The molecule has 1 atom stereocenters. The Balaban J connectivity index is 0.975. The molecular weight excluding hydrogens is 1100 g/mol. The maximum atomic E-state index is 14.3. The highest BCUT2D eigenvalue weighted by Crippen LogP contribution is 2.43. The fourth-order valence-corrected chi connectivity index (χ4v) is 13.1. The first kappa shape index (κ1) is 57.6. The summed E-state index contributed by atoms with van der Waals surface area (Å²) in [6, 6.07) is 32.6. The van der Waals surface area contributed by atoms with Gasteiger partial charge in [-0.05, 0) is 123 Å². The number of aromatic nitrogens is 1. The third-order valence-corrected chi connectivity index (χ3v) is 18.3. The SMILES string of the molecule is CCn1c(C)c(C(=O)OCP(=O)(O)O)c(-c2cccc(N3CCN(c4ccc(NS(=O)(=O)c5ccc(NC(CCN6CCC(O)CC6)CSc6ccccc6)c(S(=O)(=O)C(F)(F)F)c5)cc4)CC3)c2)c1-c1ccc(Cl)cc1. The van der Waals surface area contributed by atoms with Crippen LogP contribution in [0.15, 0.2) is 136 Å². The maximum absolute atomic E-state index is 14.3. The first-order valence-electron chi connectivity index (χ1n) is 24.8. The minimum absolute atomic E-state index is 0.0879. The van der Waals surface area contributed by atoms with Crippen LogP contribution in [0.1, 0.15) is 42.2 Å². The first-order valence-corrected chi connectivity index (χ1v) is 30.9. The second-order valence-corrected chi connectivity index (χ2v) is 25.5. The first-order chi connectivity index (χ1) is 36.5. The summed E-state index contributed by atoms with van der Waals surface area (Å²) < 4.78 is 118. The topological polar surface area (TPSA) is 211 Å². The molecule has 5 N–H and O–H groups in total. The predicted octanol–water partition coefficient (Wildman–Crippen LogP) is 9.94. The highest BCUT2D eigenvalue weighted by molar-refractivity contribution is 7.99. The van der Waals surface area contributed by atoms with E-state index >= 15 is 0 Å². The molecule has 3 heterocycles. The van der Waals surface area contributed by atoms with E-state index < -0.39 is 67.2 Å². The van der Waals surface area contributed by atoms with Gasteiger partial charge < -0.3 is 44.2 Å². The summed E-state index contributed by atoms with van der Waals surface area (Å²) in [4.78, 5) is 38.1. The summed E-state index contributed by atoms with van der Waals surface area (Å²) in [5, 5.41) is 13.5. The van der Waals surface area contributed by atoms with Crippen LogP contribution in [0.2, 0.25) is 5.02 Å². The van der Waals surface area contributed by atoms with Crippen molar-refractivity contribution in [3.8, 4) is 22.4 Å². The van der Waals surface area contributed by atoms with Gasteiger partial charge in [0.05, 0.1) is 27.9 Å². The van der Waals surface area contributed by atoms with Gasteiger partial charge in [-0.1, -0.05) is 54.1 Å². The molecule has 16 nitrogen and oxygen atoms in total. The number of alkyl halides is 3. The number of likely N-dealkylation sites (tertiary alicyclic amines) is 1. The number of carbonyl (C=O) groups is 1. The maximum Gasteiger partial charge on any atom is 0.501 e. The van der Waals surface area contributed by atoms with E-state index in [2.05, 4.69) is 24.7 Å². The zero-order valence-electron chi connectivity index (χ0n) is 42.1. The number of thioether (sulfide) groups is 1. The van der Waals surface area contributed by atoms with Crippen LogP contribution in [0.4, 0.5) is 35.9 Å². The molecule has 2 aliphatic heterocycles. The molecule has 0 aliphatic carbocycles. The lowest BCUT2D eigenvalue weighted by atomic mass is 9.96. The molecule has 24 heteroatoms. The van der Waals surface area contributed by atoms with Crippen LogP contribution >= 0.6 is 31.0 Å². The average molecular weight is 1160 g/mol. The normalized spacial score (nSPS) is 15.6. The van der Waals surface area contributed by atoms with Gasteiger partial charge >= 0.3 is 19.1 Å². The summed E-state index contributed by atoms with van der Waals surface area (Å²) in [5.74, 6) is -0.528. The zero-order chi connectivity index (χ0) is 55.3. The lowest BCUT2D eigenvalue weighted by molar-refractivity contribution is -0.0436. The largest absolute Gasteiger partial charge is 0.501 e. The summed E-state index contributed by atoms with van der Waals surface area (Å²) in [5.41, 5.74) is -1.06. The second kappa shape index (κ2) is 24.2. The van der Waals surface area contributed by atoms with E-state index in [1.807, 2.05) is 78.2 Å². The molecule has 412 valence electrons. The van der Waals surface area contributed by atoms with Crippen LogP contribution in [-0.4, -0.2) is 123 Å². The van der Waals surface area contributed by atoms with E-state index in [9.17, 15) is 54.3 Å². The van der Waals surface area contributed by atoms with Crippen molar-refractivity contribution >= 4 is 79.5 Å². The number of ether oxygens (including phenoxy) is 1. The van der Waals surface area contributed by atoms with Crippen LogP contribution < -0.4 is 19.8 Å². The predicted molar refractivity (Wildman–Crippen MR) is 295 cm³/mol. The third kappa shape index (κ3) is 14.0. The van der Waals surface area contributed by atoms with Gasteiger partial charge in [-0.25, -0.2) is 21.6 Å². The quantitative estimate of drug-likeness (QED) is 0.0274. The van der Waals surface area contributed by atoms with E-state index in [4.69, 9.17) is 16.3 Å². The number of hydrogen-bond acceptors (Lipinski definition) is 13. The van der Waals surface area contributed by atoms with Crippen LogP contribution in [0, 0.1) is 6.92 Å². The van der Waals surface area contributed by atoms with E-state index in [0.717, 1.165) is 34.0 Å². The Morgan fingerprint density at radius 2 is 1.48 bits per heavy atom. The van der Waals surface area contributed by atoms with Crippen molar-refractivity contribution in [2.45, 2.75) is 72.0 Å². The molecule has 5 aromatic carbocycles. The highest BCUT2D eigenvalue weighted by atomic mass is 35.5. The molecule has 2 saturated heterocycles. The third-order valence-electron chi connectivity index (χ3n) is 13.6. The van der Waals surface area contributed by atoms with E-state index in [0.29, 0.717) is 111 Å². The smallest absolute Gasteiger partial charge is 0.449 e. The van der Waals surface area contributed by atoms with Gasteiger partial charge in [-0.3, -0.25) is 9.29 Å². The van der Waals surface area contributed by atoms with Gasteiger partial charge in [0.2, 0.25) is 0 Å². The van der Waals surface area contributed by atoms with Gasteiger partial charge in [0, 0.05) is 102 Å². The highest BCUT2D eigenvalue weighted by Gasteiger charge is 2.48. The molecule has 77 heavy (non-hydrogen) atoms. The molecule has 0 radical (unpaired) electrons. The van der Waals surface area contributed by atoms with Crippen molar-refractivity contribution in [1.29, 1.82) is 0 Å². The second-order valence-electron chi connectivity index (χ2n) is 18.8. The monoisotopic (exact) mass is 1160 g/mol. The summed E-state index contributed by atoms with van der Waals surface area (Å²) in [6.45, 7) is 8.13. The Morgan fingerprint density at radius 1 is 0.831 bits per heavy atom. The lowest BCUT2D eigenvalue weighted by Crippen LogP contribution is -2.46. The number of aliphatic hydroxyl groups is 1. The molecular formula is C53H59ClF3N6O10PS3. The van der Waals surface area contributed by atoms with Crippen LogP contribution in [-0.2, 0) is 35.7 Å². The number of hydrogen-bond donors (Lipinski definition) is 5. The van der Waals surface area contributed by atoms with Crippen LogP contribution in [0.25, 0.3) is 22.4 Å². The molecule has 0 saturated carbocycles. The molecule has 0 bridgehead atoms. The number of piperidine rings is 1. The van der Waals surface area contributed by atoms with Gasteiger partial charge in [-0.2, -0.15) is 13.2 Å². The van der Waals surface area contributed by atoms with Crippen LogP contribution in [0.3, 0.4) is 0 Å². The number of piperazine rings is 1. The number of sulfone groups is 1. The number of nitrogens with zero attached hydrogens (tertiary/aromatic N) is 4. The Morgan fingerprint density at radius 3 is 2.10 bits per heavy atom. The zero-order valence-corrected chi connectivity index (χ0v) is 46.2. The molecule has 2 aliphatic rings. The number of carbonyl (C=O) groups excluding carboxylic acids is 1. The van der Waals surface area contributed by atoms with Crippen molar-refractivity contribution in [1.82, 2.24) is 9.47 Å². The average Bonchev–Trinajstić information content (AvgIpc) is 3.74. The number of anilines is 4.